The summed E-state index contributed by atoms with van der Waals surface area (Å²) in [5.41, 5.74) is 2.68. The lowest BCUT2D eigenvalue weighted by Gasteiger charge is -2.22. The van der Waals surface area contributed by atoms with Crippen LogP contribution in [-0.4, -0.2) is 37.1 Å². The highest BCUT2D eigenvalue weighted by Gasteiger charge is 2.30. The normalized spacial score (nSPS) is 13.6. The molecule has 0 saturated heterocycles. The van der Waals surface area contributed by atoms with E-state index >= 15 is 0 Å². The van der Waals surface area contributed by atoms with E-state index in [2.05, 4.69) is 15.0 Å². The highest BCUT2D eigenvalue weighted by atomic mass is 19.3. The molecule has 1 aliphatic rings. The number of aryl methyl sites for hydroxylation is 1. The van der Waals surface area contributed by atoms with E-state index in [1.807, 2.05) is 31.2 Å². The Balaban J connectivity index is 1.66. The Morgan fingerprint density at radius 1 is 1.21 bits per heavy atom. The first-order valence-electron chi connectivity index (χ1n) is 9.17. The average molecular weight is 390 g/mol. The van der Waals surface area contributed by atoms with Gasteiger partial charge in [0.05, 0.1) is 13.7 Å². The van der Waals surface area contributed by atoms with Crippen molar-refractivity contribution in [2.24, 2.45) is 0 Å². The van der Waals surface area contributed by atoms with Crippen LogP contribution in [0.2, 0.25) is 0 Å². The monoisotopic (exact) mass is 390 g/mol. The number of carbonyl (C=O) groups is 1. The number of nitrogens with one attached hydrogen (secondary N) is 1. The van der Waals surface area contributed by atoms with Crippen LogP contribution in [0.4, 0.5) is 14.5 Å². The maximum absolute atomic E-state index is 12.5. The van der Waals surface area contributed by atoms with Crippen LogP contribution in [0.3, 0.4) is 0 Å². The standard InChI is InChI=1S/C21H24F2N2O3/c1-14-5-3-4-6-17(14)24-20(26)13-25(16-8-9-16)12-15-7-10-18(28-21(22)23)19(11-15)27-2/h3-7,10-11,16,21H,8-9,12-13H2,1-2H3,(H,24,26). The van der Waals surface area contributed by atoms with E-state index in [0.29, 0.717) is 12.6 Å². The van der Waals surface area contributed by atoms with Crippen molar-refractivity contribution >= 4 is 11.6 Å². The Morgan fingerprint density at radius 2 is 1.96 bits per heavy atom. The third-order valence-electron chi connectivity index (χ3n) is 4.66. The molecular weight excluding hydrogens is 366 g/mol. The second-order valence-electron chi connectivity index (χ2n) is 6.86. The summed E-state index contributed by atoms with van der Waals surface area (Å²) in [7, 11) is 1.41. The lowest BCUT2D eigenvalue weighted by molar-refractivity contribution is -0.117. The van der Waals surface area contributed by atoms with Crippen LogP contribution in [0.25, 0.3) is 0 Å². The van der Waals surface area contributed by atoms with Crippen molar-refractivity contribution in [2.45, 2.75) is 39.0 Å². The maximum Gasteiger partial charge on any atom is 0.387 e. The largest absolute Gasteiger partial charge is 0.493 e. The molecule has 0 aromatic heterocycles. The Bertz CT molecular complexity index is 825. The minimum atomic E-state index is -2.91. The molecule has 1 N–H and O–H groups in total. The number of carbonyl (C=O) groups excluding carboxylic acids is 1. The number of para-hydroxylation sites is 1. The molecule has 0 aliphatic heterocycles. The number of hydrogen-bond donors (Lipinski definition) is 1. The molecule has 0 radical (unpaired) electrons. The fourth-order valence-corrected chi connectivity index (χ4v) is 3.08. The molecular formula is C21H24F2N2O3. The van der Waals surface area contributed by atoms with Crippen LogP contribution in [0.1, 0.15) is 24.0 Å². The van der Waals surface area contributed by atoms with Crippen molar-refractivity contribution in [3.8, 4) is 11.5 Å². The van der Waals surface area contributed by atoms with Crippen LogP contribution in [0, 0.1) is 6.92 Å². The van der Waals surface area contributed by atoms with Gasteiger partial charge in [0.1, 0.15) is 0 Å². The molecule has 7 heteroatoms. The molecule has 5 nitrogen and oxygen atoms in total. The average Bonchev–Trinajstić information content (AvgIpc) is 3.49. The van der Waals surface area contributed by atoms with Gasteiger partial charge in [0.15, 0.2) is 11.5 Å². The van der Waals surface area contributed by atoms with Crippen molar-refractivity contribution < 1.29 is 23.0 Å². The number of anilines is 1. The molecule has 1 saturated carbocycles. The van der Waals surface area contributed by atoms with Gasteiger partial charge in [-0.15, -0.1) is 0 Å². The number of alkyl halides is 2. The van der Waals surface area contributed by atoms with Gasteiger partial charge in [0, 0.05) is 18.3 Å². The minimum Gasteiger partial charge on any atom is -0.493 e. The van der Waals surface area contributed by atoms with E-state index < -0.39 is 6.61 Å². The zero-order valence-electron chi connectivity index (χ0n) is 16.0. The van der Waals surface area contributed by atoms with Crippen LogP contribution in [-0.2, 0) is 11.3 Å². The van der Waals surface area contributed by atoms with Crippen LogP contribution in [0.15, 0.2) is 42.5 Å². The van der Waals surface area contributed by atoms with Crippen molar-refractivity contribution in [3.05, 3.63) is 53.6 Å². The SMILES string of the molecule is COc1cc(CN(CC(=O)Nc2ccccc2C)C2CC2)ccc1OC(F)F. The highest BCUT2D eigenvalue weighted by molar-refractivity contribution is 5.93. The molecule has 3 rings (SSSR count). The first kappa shape index (κ1) is 20.1. The van der Waals surface area contributed by atoms with Gasteiger partial charge in [-0.1, -0.05) is 24.3 Å². The number of methoxy groups -OCH3 is 1. The van der Waals surface area contributed by atoms with Gasteiger partial charge in [-0.05, 0) is 49.1 Å². The number of benzene rings is 2. The second kappa shape index (κ2) is 9.01. The van der Waals surface area contributed by atoms with E-state index in [1.165, 1.54) is 13.2 Å². The fraction of sp³-hybridized carbons (Fsp3) is 0.381. The van der Waals surface area contributed by atoms with Gasteiger partial charge in [0.2, 0.25) is 5.91 Å². The van der Waals surface area contributed by atoms with Crippen LogP contribution >= 0.6 is 0 Å². The molecule has 0 spiro atoms. The molecule has 0 bridgehead atoms. The summed E-state index contributed by atoms with van der Waals surface area (Å²) in [6, 6.07) is 12.9. The van der Waals surface area contributed by atoms with Gasteiger partial charge in [-0.25, -0.2) is 0 Å². The zero-order valence-corrected chi connectivity index (χ0v) is 16.0. The molecule has 0 atom stereocenters. The number of hydrogen-bond acceptors (Lipinski definition) is 4. The Labute approximate surface area is 163 Å². The predicted octanol–water partition coefficient (Wildman–Crippen LogP) is 4.21. The molecule has 2 aromatic rings. The molecule has 150 valence electrons. The molecule has 1 fully saturated rings. The number of amides is 1. The topological polar surface area (TPSA) is 50.8 Å². The van der Waals surface area contributed by atoms with Gasteiger partial charge in [-0.2, -0.15) is 8.78 Å². The molecule has 1 aliphatic carbocycles. The van der Waals surface area contributed by atoms with E-state index in [0.717, 1.165) is 29.7 Å². The van der Waals surface area contributed by atoms with Crippen molar-refractivity contribution in [3.63, 3.8) is 0 Å². The summed E-state index contributed by atoms with van der Waals surface area (Å²) in [4.78, 5) is 14.6. The van der Waals surface area contributed by atoms with E-state index in [4.69, 9.17) is 4.74 Å². The second-order valence-corrected chi connectivity index (χ2v) is 6.86. The smallest absolute Gasteiger partial charge is 0.387 e. The Morgan fingerprint density at radius 3 is 2.61 bits per heavy atom. The van der Waals surface area contributed by atoms with Crippen LogP contribution < -0.4 is 14.8 Å². The summed E-state index contributed by atoms with van der Waals surface area (Å²) >= 11 is 0. The van der Waals surface area contributed by atoms with Gasteiger partial charge >= 0.3 is 6.61 Å². The Kier molecular flexibility index (Phi) is 6.46. The number of rotatable bonds is 9. The van der Waals surface area contributed by atoms with Crippen molar-refractivity contribution in [2.75, 3.05) is 19.0 Å². The minimum absolute atomic E-state index is 0.00322. The lowest BCUT2D eigenvalue weighted by Crippen LogP contribution is -2.34. The van der Waals surface area contributed by atoms with E-state index in [-0.39, 0.29) is 24.0 Å². The van der Waals surface area contributed by atoms with Crippen molar-refractivity contribution in [1.29, 1.82) is 0 Å². The maximum atomic E-state index is 12.5. The number of ether oxygens (including phenoxy) is 2. The Hall–Kier alpha value is -2.67. The van der Waals surface area contributed by atoms with Gasteiger partial charge in [0.25, 0.3) is 0 Å². The zero-order chi connectivity index (χ0) is 20.1. The quantitative estimate of drug-likeness (QED) is 0.697. The fourth-order valence-electron chi connectivity index (χ4n) is 3.08. The molecule has 1 amide bonds. The molecule has 0 unspecified atom stereocenters. The van der Waals surface area contributed by atoms with Gasteiger partial charge in [-0.3, -0.25) is 9.69 Å². The first-order chi connectivity index (χ1) is 13.5. The summed E-state index contributed by atoms with van der Waals surface area (Å²) in [6.45, 7) is -0.176. The van der Waals surface area contributed by atoms with Crippen molar-refractivity contribution in [1.82, 2.24) is 4.90 Å². The third-order valence-corrected chi connectivity index (χ3v) is 4.66. The summed E-state index contributed by atoms with van der Waals surface area (Å²) in [6.07, 6.45) is 2.09. The highest BCUT2D eigenvalue weighted by Crippen LogP contribution is 2.32. The first-order valence-corrected chi connectivity index (χ1v) is 9.17. The summed E-state index contributed by atoms with van der Waals surface area (Å²) in [5, 5.41) is 2.95. The number of halogens is 2. The summed E-state index contributed by atoms with van der Waals surface area (Å²) < 4.78 is 34.6. The van der Waals surface area contributed by atoms with E-state index in [1.54, 1.807) is 12.1 Å². The molecule has 0 heterocycles. The molecule has 2 aromatic carbocycles. The van der Waals surface area contributed by atoms with Gasteiger partial charge < -0.3 is 14.8 Å². The van der Waals surface area contributed by atoms with E-state index in [9.17, 15) is 13.6 Å². The third kappa shape index (κ3) is 5.42. The summed E-state index contributed by atoms with van der Waals surface area (Å²) in [5.74, 6) is 0.167. The predicted molar refractivity (Wildman–Crippen MR) is 103 cm³/mol. The number of nitrogens with zero attached hydrogens (tertiary/aromatic N) is 1. The van der Waals surface area contributed by atoms with Crippen LogP contribution in [0.5, 0.6) is 11.5 Å². The molecule has 28 heavy (non-hydrogen) atoms. The lowest BCUT2D eigenvalue weighted by atomic mass is 10.1.